The van der Waals surface area contributed by atoms with Gasteiger partial charge in [0.1, 0.15) is 6.20 Å². The van der Waals surface area contributed by atoms with E-state index in [-0.39, 0.29) is 5.82 Å². The van der Waals surface area contributed by atoms with Crippen LogP contribution in [0.4, 0.5) is 24.7 Å². The lowest BCUT2D eigenvalue weighted by Crippen LogP contribution is -2.46. The van der Waals surface area contributed by atoms with Crippen LogP contribution >= 0.6 is 0 Å². The minimum Gasteiger partial charge on any atom is -0.369 e. The zero-order chi connectivity index (χ0) is 23.6. The number of aromatic nitrogens is 5. The predicted octanol–water partition coefficient (Wildman–Crippen LogP) is 2.50. The molecule has 0 unspecified atom stereocenters. The first-order valence-electron chi connectivity index (χ1n) is 10.4. The van der Waals surface area contributed by atoms with Crippen molar-refractivity contribution in [3.8, 4) is 0 Å². The van der Waals surface area contributed by atoms with E-state index in [4.69, 9.17) is 0 Å². The molecule has 1 fully saturated rings. The molecule has 176 valence electrons. The molecule has 1 aromatic carbocycles. The average molecular weight is 464 g/mol. The molecule has 33 heavy (non-hydrogen) atoms. The normalized spacial score (nSPS) is 15.2. The summed E-state index contributed by atoms with van der Waals surface area (Å²) in [5, 5.41) is 19.2. The molecule has 3 aromatic rings. The number of imidazole rings is 1. The molecule has 2 aromatic heterocycles. The summed E-state index contributed by atoms with van der Waals surface area (Å²) in [6.07, 6.45) is -0.810. The second-order valence-corrected chi connectivity index (χ2v) is 7.88. The topological polar surface area (TPSA) is 98.1 Å². The van der Waals surface area contributed by atoms with Crippen LogP contribution in [0.5, 0.6) is 0 Å². The number of anilines is 1. The number of rotatable bonds is 7. The van der Waals surface area contributed by atoms with E-state index in [0.717, 1.165) is 11.8 Å². The standard InChI is InChI=1S/C20H23F3N8O2/c1-27-18(24-12-19(27)31(32)33)5-6-30-14-16(25-26-30)13-28-7-9-29(10-8-28)17-4-2-3-15(11-17)20(21,22)23/h2-4,11-12,14H,5-10,13H2,1H3. The van der Waals surface area contributed by atoms with E-state index in [1.54, 1.807) is 17.8 Å². The Morgan fingerprint density at radius 2 is 1.94 bits per heavy atom. The van der Waals surface area contributed by atoms with E-state index in [2.05, 4.69) is 20.2 Å². The van der Waals surface area contributed by atoms with Gasteiger partial charge in [0.25, 0.3) is 0 Å². The Morgan fingerprint density at radius 3 is 2.61 bits per heavy atom. The Labute approximate surface area is 187 Å². The highest BCUT2D eigenvalue weighted by atomic mass is 19.4. The Morgan fingerprint density at radius 1 is 1.18 bits per heavy atom. The first-order chi connectivity index (χ1) is 15.7. The molecule has 0 radical (unpaired) electrons. The highest BCUT2D eigenvalue weighted by Gasteiger charge is 2.31. The zero-order valence-corrected chi connectivity index (χ0v) is 17.9. The van der Waals surface area contributed by atoms with Crippen LogP contribution in [0.15, 0.2) is 36.7 Å². The van der Waals surface area contributed by atoms with Gasteiger partial charge in [-0.2, -0.15) is 13.2 Å². The SMILES string of the molecule is Cn1c([N+](=O)[O-])cnc1CCn1cc(CN2CCN(c3cccc(C(F)(F)F)c3)CC2)nn1. The van der Waals surface area contributed by atoms with Crippen LogP contribution in [-0.4, -0.2) is 60.5 Å². The molecule has 0 saturated carbocycles. The molecule has 10 nitrogen and oxygen atoms in total. The molecule has 13 heteroatoms. The number of hydrogen-bond acceptors (Lipinski definition) is 7. The summed E-state index contributed by atoms with van der Waals surface area (Å²) < 4.78 is 42.0. The van der Waals surface area contributed by atoms with Crippen molar-refractivity contribution >= 4 is 11.5 Å². The monoisotopic (exact) mass is 464 g/mol. The Bertz CT molecular complexity index is 1120. The predicted molar refractivity (Wildman–Crippen MR) is 113 cm³/mol. The maximum atomic E-state index is 13.0. The van der Waals surface area contributed by atoms with E-state index in [1.807, 2.05) is 11.1 Å². The van der Waals surface area contributed by atoms with Gasteiger partial charge >= 0.3 is 12.0 Å². The molecule has 1 saturated heterocycles. The van der Waals surface area contributed by atoms with Crippen LogP contribution in [0, 0.1) is 10.1 Å². The molecular weight excluding hydrogens is 441 g/mol. The summed E-state index contributed by atoms with van der Waals surface area (Å²) in [5.41, 5.74) is 0.720. The lowest BCUT2D eigenvalue weighted by atomic mass is 10.1. The van der Waals surface area contributed by atoms with Gasteiger partial charge in [-0.1, -0.05) is 11.3 Å². The van der Waals surface area contributed by atoms with Crippen molar-refractivity contribution in [2.45, 2.75) is 25.7 Å². The lowest BCUT2D eigenvalue weighted by molar-refractivity contribution is -0.391. The number of nitro groups is 1. The molecule has 0 amide bonds. The largest absolute Gasteiger partial charge is 0.416 e. The van der Waals surface area contributed by atoms with Crippen LogP contribution in [0.25, 0.3) is 0 Å². The lowest BCUT2D eigenvalue weighted by Gasteiger charge is -2.35. The second-order valence-electron chi connectivity index (χ2n) is 7.88. The van der Waals surface area contributed by atoms with Crippen LogP contribution in [0.2, 0.25) is 0 Å². The molecular formula is C20H23F3N8O2. The van der Waals surface area contributed by atoms with Crippen molar-refractivity contribution in [3.63, 3.8) is 0 Å². The van der Waals surface area contributed by atoms with Gasteiger partial charge in [-0.05, 0) is 23.1 Å². The number of aryl methyl sites for hydroxylation is 2. The molecule has 0 atom stereocenters. The van der Waals surface area contributed by atoms with Gasteiger partial charge in [-0.3, -0.25) is 9.58 Å². The van der Waals surface area contributed by atoms with Crippen LogP contribution in [0.3, 0.4) is 0 Å². The van der Waals surface area contributed by atoms with Gasteiger partial charge in [0.15, 0.2) is 5.82 Å². The number of hydrogen-bond donors (Lipinski definition) is 0. The van der Waals surface area contributed by atoms with Crippen molar-refractivity contribution in [1.82, 2.24) is 29.4 Å². The molecule has 0 aliphatic carbocycles. The van der Waals surface area contributed by atoms with Crippen molar-refractivity contribution < 1.29 is 18.1 Å². The Kier molecular flexibility index (Phi) is 6.31. The van der Waals surface area contributed by atoms with E-state index in [9.17, 15) is 23.3 Å². The Balaban J connectivity index is 1.28. The zero-order valence-electron chi connectivity index (χ0n) is 17.9. The quantitative estimate of drug-likeness (QED) is 0.391. The molecule has 1 aliphatic heterocycles. The van der Waals surface area contributed by atoms with E-state index in [0.29, 0.717) is 57.2 Å². The number of alkyl halides is 3. The number of benzene rings is 1. The summed E-state index contributed by atoms with van der Waals surface area (Å²) in [5.74, 6) is 0.526. The highest BCUT2D eigenvalue weighted by molar-refractivity contribution is 5.49. The summed E-state index contributed by atoms with van der Waals surface area (Å²) in [7, 11) is 1.60. The average Bonchev–Trinajstić information content (AvgIpc) is 3.38. The van der Waals surface area contributed by atoms with Crippen molar-refractivity contribution in [2.24, 2.45) is 7.05 Å². The molecule has 0 bridgehead atoms. The number of piperazine rings is 1. The molecule has 4 rings (SSSR count). The third kappa shape index (κ3) is 5.30. The Hall–Kier alpha value is -3.48. The van der Waals surface area contributed by atoms with Gasteiger partial charge in [0.2, 0.25) is 0 Å². The van der Waals surface area contributed by atoms with Gasteiger partial charge in [-0.15, -0.1) is 5.10 Å². The summed E-state index contributed by atoms with van der Waals surface area (Å²) >= 11 is 0. The van der Waals surface area contributed by atoms with E-state index < -0.39 is 16.7 Å². The highest BCUT2D eigenvalue weighted by Crippen LogP contribution is 2.31. The van der Waals surface area contributed by atoms with Gasteiger partial charge in [-0.25, -0.2) is 9.55 Å². The first kappa shape index (κ1) is 22.7. The second kappa shape index (κ2) is 9.17. The fourth-order valence-corrected chi connectivity index (χ4v) is 3.85. The fourth-order valence-electron chi connectivity index (χ4n) is 3.85. The third-order valence-corrected chi connectivity index (χ3v) is 5.69. The third-order valence-electron chi connectivity index (χ3n) is 5.69. The van der Waals surface area contributed by atoms with Crippen LogP contribution < -0.4 is 4.90 Å². The van der Waals surface area contributed by atoms with Gasteiger partial charge in [0, 0.05) is 51.0 Å². The first-order valence-corrected chi connectivity index (χ1v) is 10.4. The summed E-state index contributed by atoms with van der Waals surface area (Å²) in [6.45, 7) is 3.70. The van der Waals surface area contributed by atoms with Crippen LogP contribution in [-0.2, 0) is 32.7 Å². The minimum absolute atomic E-state index is 0.0615. The van der Waals surface area contributed by atoms with Crippen LogP contribution in [0.1, 0.15) is 17.1 Å². The molecule has 3 heterocycles. The molecule has 0 N–H and O–H groups in total. The number of nitrogens with zero attached hydrogens (tertiary/aromatic N) is 8. The summed E-state index contributed by atoms with van der Waals surface area (Å²) in [6, 6.07) is 5.41. The van der Waals surface area contributed by atoms with E-state index >= 15 is 0 Å². The van der Waals surface area contributed by atoms with Gasteiger partial charge < -0.3 is 15.0 Å². The smallest absolute Gasteiger partial charge is 0.369 e. The van der Waals surface area contributed by atoms with Gasteiger partial charge in [0.05, 0.1) is 24.8 Å². The van der Waals surface area contributed by atoms with Crippen molar-refractivity contribution in [2.75, 3.05) is 31.1 Å². The maximum Gasteiger partial charge on any atom is 0.416 e. The minimum atomic E-state index is -4.35. The van der Waals surface area contributed by atoms with E-state index in [1.165, 1.54) is 22.9 Å². The molecule has 0 spiro atoms. The molecule has 1 aliphatic rings. The van der Waals surface area contributed by atoms with Crippen molar-refractivity contribution in [3.05, 3.63) is 63.9 Å². The number of halogens is 3. The van der Waals surface area contributed by atoms with Crippen molar-refractivity contribution in [1.29, 1.82) is 0 Å². The maximum absolute atomic E-state index is 13.0. The fraction of sp³-hybridized carbons (Fsp3) is 0.450. The summed E-state index contributed by atoms with van der Waals surface area (Å²) in [4.78, 5) is 18.7.